The molecule has 3 heteroatoms. The molecule has 7 aromatic carbocycles. The highest BCUT2D eigenvalue weighted by molar-refractivity contribution is 6.24. The second-order valence-corrected chi connectivity index (χ2v) is 11.8. The van der Waals surface area contributed by atoms with Crippen LogP contribution in [0.4, 0.5) is 0 Å². The van der Waals surface area contributed by atoms with Gasteiger partial charge in [-0.3, -0.25) is 0 Å². The van der Waals surface area contributed by atoms with Crippen molar-refractivity contribution >= 4 is 43.5 Å². The van der Waals surface area contributed by atoms with Gasteiger partial charge in [0, 0.05) is 38.5 Å². The van der Waals surface area contributed by atoms with Crippen molar-refractivity contribution in [3.05, 3.63) is 152 Å². The van der Waals surface area contributed by atoms with Gasteiger partial charge in [-0.25, -0.2) is 9.97 Å². The Bertz CT molecular complexity index is 2620. The fraction of sp³-hybridized carbons (Fsp3) is 0. The Kier molecular flexibility index (Phi) is 5.00. The number of benzene rings is 7. The van der Waals surface area contributed by atoms with E-state index >= 15 is 0 Å². The molecule has 1 aliphatic carbocycles. The number of fused-ring (bicyclic) bond motifs is 8. The van der Waals surface area contributed by atoms with E-state index in [1.54, 1.807) is 0 Å². The lowest BCUT2D eigenvalue weighted by Crippen LogP contribution is -1.97. The van der Waals surface area contributed by atoms with Gasteiger partial charge in [0.15, 0.2) is 5.82 Å². The lowest BCUT2D eigenvalue weighted by molar-refractivity contribution is 1.18. The molecule has 0 aliphatic heterocycles. The van der Waals surface area contributed by atoms with Crippen LogP contribution in [0.5, 0.6) is 0 Å². The van der Waals surface area contributed by atoms with Crippen LogP contribution in [0.25, 0.3) is 94.1 Å². The SMILES string of the molecule is c1ccc(-c2nc(-c3ccc(-n4c5ccccc5c5ccc6c(c54)-c4cccc5cccc-6c45)cc3)c3ccccc3n2)cc1. The van der Waals surface area contributed by atoms with Crippen molar-refractivity contribution in [1.29, 1.82) is 0 Å². The molecule has 0 N–H and O–H groups in total. The minimum atomic E-state index is 0.736. The molecule has 10 rings (SSSR count). The van der Waals surface area contributed by atoms with Crippen molar-refractivity contribution in [3.8, 4) is 50.6 Å². The van der Waals surface area contributed by atoms with Crippen LogP contribution in [-0.2, 0) is 0 Å². The first-order valence-corrected chi connectivity index (χ1v) is 15.4. The minimum absolute atomic E-state index is 0.736. The third kappa shape index (κ3) is 3.46. The summed E-state index contributed by atoms with van der Waals surface area (Å²) in [7, 11) is 0. The summed E-state index contributed by atoms with van der Waals surface area (Å²) in [5.74, 6) is 0.736. The summed E-state index contributed by atoms with van der Waals surface area (Å²) >= 11 is 0. The highest BCUT2D eigenvalue weighted by Crippen LogP contribution is 2.51. The van der Waals surface area contributed by atoms with Gasteiger partial charge in [0.2, 0.25) is 0 Å². The van der Waals surface area contributed by atoms with Gasteiger partial charge in [-0.05, 0) is 51.7 Å². The molecule has 45 heavy (non-hydrogen) atoms. The number of hydrogen-bond donors (Lipinski definition) is 0. The van der Waals surface area contributed by atoms with E-state index in [0.29, 0.717) is 0 Å². The van der Waals surface area contributed by atoms with Crippen LogP contribution in [0.15, 0.2) is 152 Å². The summed E-state index contributed by atoms with van der Waals surface area (Å²) in [4.78, 5) is 10.0. The highest BCUT2D eigenvalue weighted by atomic mass is 15.0. The molecule has 0 bridgehead atoms. The molecule has 2 aromatic heterocycles. The molecule has 2 heterocycles. The monoisotopic (exact) mass is 571 g/mol. The zero-order chi connectivity index (χ0) is 29.5. The van der Waals surface area contributed by atoms with Crippen LogP contribution in [0.3, 0.4) is 0 Å². The maximum Gasteiger partial charge on any atom is 0.160 e. The molecule has 0 saturated heterocycles. The fourth-order valence-corrected chi connectivity index (χ4v) is 7.38. The first-order valence-electron chi connectivity index (χ1n) is 15.4. The number of aromatic nitrogens is 3. The maximum atomic E-state index is 5.11. The molecular weight excluding hydrogens is 546 g/mol. The van der Waals surface area contributed by atoms with Gasteiger partial charge < -0.3 is 4.57 Å². The van der Waals surface area contributed by atoms with E-state index in [9.17, 15) is 0 Å². The predicted octanol–water partition coefficient (Wildman–Crippen LogP) is 10.9. The van der Waals surface area contributed by atoms with Gasteiger partial charge >= 0.3 is 0 Å². The summed E-state index contributed by atoms with van der Waals surface area (Å²) in [5.41, 5.74) is 12.8. The van der Waals surface area contributed by atoms with Crippen molar-refractivity contribution in [2.24, 2.45) is 0 Å². The maximum absolute atomic E-state index is 5.11. The van der Waals surface area contributed by atoms with Crippen LogP contribution >= 0.6 is 0 Å². The largest absolute Gasteiger partial charge is 0.309 e. The molecule has 1 aliphatic rings. The molecule has 0 saturated carbocycles. The molecule has 0 radical (unpaired) electrons. The molecule has 0 spiro atoms. The van der Waals surface area contributed by atoms with Crippen LogP contribution in [0.2, 0.25) is 0 Å². The van der Waals surface area contributed by atoms with E-state index in [1.165, 1.54) is 54.8 Å². The third-order valence-electron chi connectivity index (χ3n) is 9.34. The summed E-state index contributed by atoms with van der Waals surface area (Å²) in [6.07, 6.45) is 0. The van der Waals surface area contributed by atoms with Crippen LogP contribution in [-0.4, -0.2) is 14.5 Å². The Balaban J connectivity index is 1.21. The summed E-state index contributed by atoms with van der Waals surface area (Å²) < 4.78 is 2.45. The van der Waals surface area contributed by atoms with Crippen LogP contribution < -0.4 is 0 Å². The van der Waals surface area contributed by atoms with E-state index in [4.69, 9.17) is 9.97 Å². The molecule has 9 aromatic rings. The molecular formula is C42H25N3. The van der Waals surface area contributed by atoms with Gasteiger partial charge in [0.25, 0.3) is 0 Å². The zero-order valence-electron chi connectivity index (χ0n) is 24.3. The minimum Gasteiger partial charge on any atom is -0.309 e. The molecule has 0 fully saturated rings. The zero-order valence-corrected chi connectivity index (χ0v) is 24.3. The van der Waals surface area contributed by atoms with Gasteiger partial charge in [-0.1, -0.05) is 127 Å². The lowest BCUT2D eigenvalue weighted by atomic mass is 10.00. The first-order chi connectivity index (χ1) is 22.3. The molecule has 0 atom stereocenters. The predicted molar refractivity (Wildman–Crippen MR) is 187 cm³/mol. The number of rotatable bonds is 3. The standard InChI is InChI=1S/C42H25N3/c1-2-10-28(11-3-1)42-43-36-18-6-4-15-34(36)40(44-42)27-20-22-29(23-21-27)45-37-19-7-5-14-30(37)33-25-24-32-31-16-8-12-26-13-9-17-35(38(26)31)39(32)41(33)45/h1-25H. The van der Waals surface area contributed by atoms with E-state index in [2.05, 4.69) is 132 Å². The van der Waals surface area contributed by atoms with Crippen molar-refractivity contribution in [1.82, 2.24) is 14.5 Å². The number of hydrogen-bond acceptors (Lipinski definition) is 2. The number of para-hydroxylation sites is 2. The smallest absolute Gasteiger partial charge is 0.160 e. The van der Waals surface area contributed by atoms with E-state index in [1.807, 2.05) is 24.3 Å². The normalized spacial score (nSPS) is 12.0. The molecule has 208 valence electrons. The van der Waals surface area contributed by atoms with E-state index < -0.39 is 0 Å². The Morgan fingerprint density at radius 3 is 2.02 bits per heavy atom. The molecule has 0 unspecified atom stereocenters. The van der Waals surface area contributed by atoms with E-state index in [-0.39, 0.29) is 0 Å². The topological polar surface area (TPSA) is 30.7 Å². The van der Waals surface area contributed by atoms with Crippen molar-refractivity contribution < 1.29 is 0 Å². The average molecular weight is 572 g/mol. The van der Waals surface area contributed by atoms with Crippen molar-refractivity contribution in [2.75, 3.05) is 0 Å². The van der Waals surface area contributed by atoms with Crippen molar-refractivity contribution in [2.45, 2.75) is 0 Å². The molecule has 0 amide bonds. The highest BCUT2D eigenvalue weighted by Gasteiger charge is 2.26. The second kappa shape index (κ2) is 9.22. The number of nitrogens with zero attached hydrogens (tertiary/aromatic N) is 3. The second-order valence-electron chi connectivity index (χ2n) is 11.8. The quantitative estimate of drug-likeness (QED) is 0.211. The van der Waals surface area contributed by atoms with Crippen LogP contribution in [0.1, 0.15) is 0 Å². The lowest BCUT2D eigenvalue weighted by Gasteiger charge is -2.13. The van der Waals surface area contributed by atoms with Gasteiger partial charge in [-0.15, -0.1) is 0 Å². The van der Waals surface area contributed by atoms with E-state index in [0.717, 1.165) is 39.2 Å². The Hall–Kier alpha value is -6.06. The first kappa shape index (κ1) is 24.4. The third-order valence-corrected chi connectivity index (χ3v) is 9.34. The van der Waals surface area contributed by atoms with Crippen LogP contribution in [0, 0.1) is 0 Å². The molecule has 3 nitrogen and oxygen atoms in total. The van der Waals surface area contributed by atoms with Crippen molar-refractivity contribution in [3.63, 3.8) is 0 Å². The fourth-order valence-electron chi connectivity index (χ4n) is 7.38. The summed E-state index contributed by atoms with van der Waals surface area (Å²) in [6.45, 7) is 0. The van der Waals surface area contributed by atoms with Gasteiger partial charge in [0.1, 0.15) is 0 Å². The Morgan fingerprint density at radius 2 is 1.18 bits per heavy atom. The average Bonchev–Trinajstić information content (AvgIpc) is 3.62. The Morgan fingerprint density at radius 1 is 0.444 bits per heavy atom. The summed E-state index contributed by atoms with van der Waals surface area (Å²) in [5, 5.41) is 6.21. The Labute approximate surface area is 259 Å². The van der Waals surface area contributed by atoms with Gasteiger partial charge in [-0.2, -0.15) is 0 Å². The summed E-state index contributed by atoms with van der Waals surface area (Å²) in [6, 6.07) is 54.1. The van der Waals surface area contributed by atoms with Gasteiger partial charge in [0.05, 0.1) is 22.2 Å².